The molecule has 1 aromatic rings. The maximum absolute atomic E-state index is 10.0. The van der Waals surface area contributed by atoms with Crippen molar-refractivity contribution in [1.29, 1.82) is 0 Å². The van der Waals surface area contributed by atoms with Crippen molar-refractivity contribution in [2.75, 3.05) is 7.11 Å². The predicted molar refractivity (Wildman–Crippen MR) is 47.8 cm³/mol. The van der Waals surface area contributed by atoms with Gasteiger partial charge in [-0.1, -0.05) is 12.1 Å². The molecule has 74 valence electrons. The normalized spacial score (nSPS) is 24.1. The molecular formula is C10H10O4. The average Bonchev–Trinajstić information content (AvgIpc) is 2.98. The van der Waals surface area contributed by atoms with Crippen LogP contribution in [0.1, 0.15) is 11.7 Å². The lowest BCUT2D eigenvalue weighted by molar-refractivity contribution is -0.133. The predicted octanol–water partition coefficient (Wildman–Crippen LogP) is 1.27. The zero-order valence-electron chi connectivity index (χ0n) is 7.67. The smallest absolute Gasteiger partial charge is 0.295 e. The number of hydrogen-bond acceptors (Lipinski definition) is 4. The largest absolute Gasteiger partial charge is 0.497 e. The summed E-state index contributed by atoms with van der Waals surface area (Å²) in [6.07, 6.45) is -0.535. The minimum Gasteiger partial charge on any atom is -0.497 e. The number of benzene rings is 1. The van der Waals surface area contributed by atoms with Gasteiger partial charge in [-0.25, -0.2) is 0 Å². The lowest BCUT2D eigenvalue weighted by atomic mass is 10.1. The molecule has 2 rings (SSSR count). The summed E-state index contributed by atoms with van der Waals surface area (Å²) < 4.78 is 14.8. The van der Waals surface area contributed by atoms with Crippen LogP contribution in [0, 0.1) is 0 Å². The van der Waals surface area contributed by atoms with Gasteiger partial charge in [0.25, 0.3) is 6.47 Å². The van der Waals surface area contributed by atoms with Gasteiger partial charge in [0.1, 0.15) is 11.9 Å². The van der Waals surface area contributed by atoms with E-state index < -0.39 is 6.29 Å². The molecule has 0 bridgehead atoms. The summed E-state index contributed by atoms with van der Waals surface area (Å²) in [6, 6.07) is 7.46. The number of rotatable bonds is 4. The Morgan fingerprint density at radius 2 is 2.07 bits per heavy atom. The van der Waals surface area contributed by atoms with Crippen molar-refractivity contribution in [2.45, 2.75) is 12.4 Å². The molecule has 1 heterocycles. The van der Waals surface area contributed by atoms with Crippen LogP contribution in [0.4, 0.5) is 0 Å². The fourth-order valence-electron chi connectivity index (χ4n) is 1.29. The van der Waals surface area contributed by atoms with Crippen LogP contribution < -0.4 is 4.74 Å². The number of hydrogen-bond donors (Lipinski definition) is 0. The van der Waals surface area contributed by atoms with Crippen LogP contribution in [0.3, 0.4) is 0 Å². The Morgan fingerprint density at radius 1 is 1.36 bits per heavy atom. The highest BCUT2D eigenvalue weighted by Gasteiger charge is 2.42. The molecule has 14 heavy (non-hydrogen) atoms. The van der Waals surface area contributed by atoms with E-state index in [1.807, 2.05) is 24.3 Å². The van der Waals surface area contributed by atoms with Crippen LogP contribution >= 0.6 is 0 Å². The van der Waals surface area contributed by atoms with E-state index in [9.17, 15) is 4.79 Å². The minimum absolute atomic E-state index is 0.119. The number of carbonyl (C=O) groups is 1. The maximum Gasteiger partial charge on any atom is 0.295 e. The molecule has 0 amide bonds. The number of epoxide rings is 1. The number of ether oxygens (including phenoxy) is 3. The van der Waals surface area contributed by atoms with Gasteiger partial charge < -0.3 is 14.2 Å². The first-order valence-corrected chi connectivity index (χ1v) is 4.23. The minimum atomic E-state index is -0.416. The van der Waals surface area contributed by atoms with E-state index in [2.05, 4.69) is 4.74 Å². The van der Waals surface area contributed by atoms with Crippen LogP contribution in [0.2, 0.25) is 0 Å². The van der Waals surface area contributed by atoms with Crippen molar-refractivity contribution in [2.24, 2.45) is 0 Å². The van der Waals surface area contributed by atoms with Gasteiger partial charge in [0, 0.05) is 0 Å². The topological polar surface area (TPSA) is 48.1 Å². The highest BCUT2D eigenvalue weighted by molar-refractivity contribution is 5.38. The molecule has 0 aromatic heterocycles. The van der Waals surface area contributed by atoms with Crippen molar-refractivity contribution >= 4 is 6.47 Å². The molecule has 0 radical (unpaired) electrons. The summed E-state index contributed by atoms with van der Waals surface area (Å²) in [7, 11) is 1.61. The highest BCUT2D eigenvalue weighted by Crippen LogP contribution is 2.39. The Labute approximate surface area is 81.4 Å². The molecule has 1 aromatic carbocycles. The van der Waals surface area contributed by atoms with E-state index in [-0.39, 0.29) is 6.10 Å². The first kappa shape index (κ1) is 9.02. The summed E-state index contributed by atoms with van der Waals surface area (Å²) in [5.41, 5.74) is 0.984. The SMILES string of the molecule is COc1ccc([C@@H]2O[C@@H]2OC=O)cc1. The molecule has 0 aliphatic carbocycles. The van der Waals surface area contributed by atoms with Gasteiger partial charge in [-0.15, -0.1) is 0 Å². The van der Waals surface area contributed by atoms with E-state index in [4.69, 9.17) is 9.47 Å². The summed E-state index contributed by atoms with van der Waals surface area (Å²) in [6.45, 7) is 0.397. The Kier molecular flexibility index (Phi) is 2.37. The highest BCUT2D eigenvalue weighted by atomic mass is 16.8. The molecule has 2 atom stereocenters. The number of methoxy groups -OCH3 is 1. The zero-order valence-corrected chi connectivity index (χ0v) is 7.67. The van der Waals surface area contributed by atoms with Crippen molar-refractivity contribution in [1.82, 2.24) is 0 Å². The first-order valence-electron chi connectivity index (χ1n) is 4.23. The van der Waals surface area contributed by atoms with E-state index in [0.29, 0.717) is 6.47 Å². The Bertz CT molecular complexity index is 319. The Morgan fingerprint density at radius 3 is 2.64 bits per heavy atom. The third kappa shape index (κ3) is 1.70. The zero-order chi connectivity index (χ0) is 9.97. The van der Waals surface area contributed by atoms with Crippen molar-refractivity contribution in [3.05, 3.63) is 29.8 Å². The van der Waals surface area contributed by atoms with Crippen LogP contribution in [0.5, 0.6) is 5.75 Å². The monoisotopic (exact) mass is 194 g/mol. The van der Waals surface area contributed by atoms with E-state index in [1.165, 1.54) is 0 Å². The van der Waals surface area contributed by atoms with Gasteiger partial charge in [-0.2, -0.15) is 0 Å². The summed E-state index contributed by atoms with van der Waals surface area (Å²) in [4.78, 5) is 10.0. The van der Waals surface area contributed by atoms with Crippen LogP contribution in [0.15, 0.2) is 24.3 Å². The summed E-state index contributed by atoms with van der Waals surface area (Å²) in [5, 5.41) is 0. The first-order chi connectivity index (χ1) is 6.85. The van der Waals surface area contributed by atoms with Crippen molar-refractivity contribution in [3.63, 3.8) is 0 Å². The molecule has 1 saturated heterocycles. The second kappa shape index (κ2) is 3.67. The second-order valence-electron chi connectivity index (χ2n) is 2.93. The van der Waals surface area contributed by atoms with Crippen molar-refractivity contribution < 1.29 is 19.0 Å². The van der Waals surface area contributed by atoms with E-state index in [0.717, 1.165) is 11.3 Å². The van der Waals surface area contributed by atoms with Crippen LogP contribution in [0.25, 0.3) is 0 Å². The summed E-state index contributed by atoms with van der Waals surface area (Å²) >= 11 is 0. The molecule has 1 aliphatic rings. The lowest BCUT2D eigenvalue weighted by Crippen LogP contribution is -1.93. The summed E-state index contributed by atoms with van der Waals surface area (Å²) in [5.74, 6) is 0.794. The third-order valence-corrected chi connectivity index (χ3v) is 2.09. The second-order valence-corrected chi connectivity index (χ2v) is 2.93. The third-order valence-electron chi connectivity index (χ3n) is 2.09. The molecule has 4 nitrogen and oxygen atoms in total. The molecule has 0 saturated carbocycles. The van der Waals surface area contributed by atoms with Gasteiger partial charge in [-0.05, 0) is 17.7 Å². The standard InChI is InChI=1S/C10H10O4/c1-12-8-4-2-7(3-5-8)9-10(14-9)13-6-11/h2-6,9-10H,1H3/t9-,10-/m0/s1. The van der Waals surface area contributed by atoms with Gasteiger partial charge in [-0.3, -0.25) is 4.79 Å². The molecule has 4 heteroatoms. The van der Waals surface area contributed by atoms with Gasteiger partial charge in [0.2, 0.25) is 6.29 Å². The van der Waals surface area contributed by atoms with Crippen LogP contribution in [-0.4, -0.2) is 19.9 Å². The Hall–Kier alpha value is -1.55. The fourth-order valence-corrected chi connectivity index (χ4v) is 1.29. The molecule has 0 spiro atoms. The van der Waals surface area contributed by atoms with E-state index in [1.54, 1.807) is 7.11 Å². The lowest BCUT2D eigenvalue weighted by Gasteiger charge is -1.99. The van der Waals surface area contributed by atoms with Gasteiger partial charge in [0.15, 0.2) is 0 Å². The van der Waals surface area contributed by atoms with Crippen LogP contribution in [-0.2, 0) is 14.3 Å². The number of carbonyl (C=O) groups excluding carboxylic acids is 1. The molecule has 0 N–H and O–H groups in total. The van der Waals surface area contributed by atoms with Gasteiger partial charge >= 0.3 is 0 Å². The maximum atomic E-state index is 10.0. The fraction of sp³-hybridized carbons (Fsp3) is 0.300. The molecule has 1 fully saturated rings. The van der Waals surface area contributed by atoms with E-state index >= 15 is 0 Å². The van der Waals surface area contributed by atoms with Gasteiger partial charge in [0.05, 0.1) is 7.11 Å². The quantitative estimate of drug-likeness (QED) is 0.535. The molecule has 1 aliphatic heterocycles. The molecular weight excluding hydrogens is 184 g/mol. The Balaban J connectivity index is 2.01. The average molecular weight is 194 g/mol. The molecule has 0 unspecified atom stereocenters. The van der Waals surface area contributed by atoms with Crippen molar-refractivity contribution in [3.8, 4) is 5.75 Å².